The standard InChI is InChI=1S/C20H32Cl3N3O7/c1-18(2,3)33-17(29)24-14(8-30-9-19(4)10-31-11-19)15(27)26-7-5-6-13(25-26)16(28)32-12-20(21,22)23/h13-14,25H,5-12H2,1-4H3,(H,24,29)/t13-,14-/m0/s1. The predicted octanol–water partition coefficient (Wildman–Crippen LogP) is 2.34. The third kappa shape index (κ3) is 10.00. The van der Waals surface area contributed by atoms with Crippen molar-refractivity contribution in [1.82, 2.24) is 15.8 Å². The summed E-state index contributed by atoms with van der Waals surface area (Å²) < 4.78 is 19.5. The lowest BCUT2D eigenvalue weighted by atomic mass is 9.90. The summed E-state index contributed by atoms with van der Waals surface area (Å²) in [7, 11) is 0. The molecule has 0 aromatic rings. The number of nitrogens with one attached hydrogen (secondary N) is 2. The van der Waals surface area contributed by atoms with Crippen molar-refractivity contribution < 1.29 is 33.3 Å². The van der Waals surface area contributed by atoms with Gasteiger partial charge >= 0.3 is 12.1 Å². The van der Waals surface area contributed by atoms with Crippen LogP contribution in [0.1, 0.15) is 40.5 Å². The Labute approximate surface area is 208 Å². The topological polar surface area (TPSA) is 115 Å². The lowest BCUT2D eigenvalue weighted by molar-refractivity contribution is -0.154. The van der Waals surface area contributed by atoms with Gasteiger partial charge in [0, 0.05) is 12.0 Å². The highest BCUT2D eigenvalue weighted by Gasteiger charge is 2.37. The first-order chi connectivity index (χ1) is 15.2. The van der Waals surface area contributed by atoms with E-state index < -0.39 is 46.1 Å². The Hall–Kier alpha value is -1.04. The molecular weight excluding hydrogens is 501 g/mol. The zero-order chi connectivity index (χ0) is 24.9. The van der Waals surface area contributed by atoms with Crippen molar-refractivity contribution in [1.29, 1.82) is 0 Å². The normalized spacial score (nSPS) is 21.5. The summed E-state index contributed by atoms with van der Waals surface area (Å²) in [5.41, 5.74) is 1.97. The Morgan fingerprint density at radius 3 is 2.45 bits per heavy atom. The number of esters is 1. The van der Waals surface area contributed by atoms with Crippen molar-refractivity contribution in [2.24, 2.45) is 5.41 Å². The smallest absolute Gasteiger partial charge is 0.408 e. The van der Waals surface area contributed by atoms with Gasteiger partial charge in [-0.25, -0.2) is 10.2 Å². The fourth-order valence-corrected chi connectivity index (χ4v) is 3.30. The number of amides is 2. The summed E-state index contributed by atoms with van der Waals surface area (Å²) in [4.78, 5) is 37.8. The Balaban J connectivity index is 1.99. The second kappa shape index (κ2) is 11.6. The van der Waals surface area contributed by atoms with Gasteiger partial charge in [0.25, 0.3) is 5.91 Å². The van der Waals surface area contributed by atoms with Gasteiger partial charge in [0.15, 0.2) is 0 Å². The quantitative estimate of drug-likeness (QED) is 0.362. The minimum absolute atomic E-state index is 0.0752. The first-order valence-corrected chi connectivity index (χ1v) is 11.8. The second-order valence-corrected chi connectivity index (χ2v) is 12.1. The van der Waals surface area contributed by atoms with E-state index in [1.165, 1.54) is 5.01 Å². The largest absolute Gasteiger partial charge is 0.460 e. The molecule has 33 heavy (non-hydrogen) atoms. The number of alkyl halides is 3. The number of ether oxygens (including phenoxy) is 4. The number of carbonyl (C=O) groups excluding carboxylic acids is 3. The predicted molar refractivity (Wildman–Crippen MR) is 122 cm³/mol. The van der Waals surface area contributed by atoms with Gasteiger partial charge in [0.1, 0.15) is 24.3 Å². The van der Waals surface area contributed by atoms with Crippen LogP contribution in [0, 0.1) is 5.41 Å². The van der Waals surface area contributed by atoms with Gasteiger partial charge in [-0.3, -0.25) is 14.6 Å². The van der Waals surface area contributed by atoms with E-state index in [1.807, 2.05) is 6.92 Å². The molecule has 2 heterocycles. The van der Waals surface area contributed by atoms with Crippen LogP contribution in [0.15, 0.2) is 0 Å². The lowest BCUT2D eigenvalue weighted by Gasteiger charge is -2.38. The van der Waals surface area contributed by atoms with Crippen LogP contribution < -0.4 is 10.7 Å². The molecule has 0 unspecified atom stereocenters. The number of hydrogen-bond acceptors (Lipinski definition) is 8. The first kappa shape index (κ1) is 28.2. The molecule has 10 nitrogen and oxygen atoms in total. The maximum Gasteiger partial charge on any atom is 0.408 e. The summed E-state index contributed by atoms with van der Waals surface area (Å²) in [5, 5.41) is 3.83. The molecule has 0 aromatic heterocycles. The van der Waals surface area contributed by atoms with Crippen molar-refractivity contribution in [3.8, 4) is 0 Å². The molecule has 190 valence electrons. The summed E-state index contributed by atoms with van der Waals surface area (Å²) in [6.07, 6.45) is 0.210. The van der Waals surface area contributed by atoms with E-state index in [1.54, 1.807) is 20.8 Å². The second-order valence-electron chi connectivity index (χ2n) is 9.55. The van der Waals surface area contributed by atoms with E-state index in [-0.39, 0.29) is 12.0 Å². The van der Waals surface area contributed by atoms with Crippen molar-refractivity contribution in [2.45, 2.75) is 62.0 Å². The van der Waals surface area contributed by atoms with Gasteiger partial charge in [0.05, 0.1) is 26.4 Å². The molecule has 0 bridgehead atoms. The van der Waals surface area contributed by atoms with Gasteiger partial charge in [-0.2, -0.15) is 0 Å². The van der Waals surface area contributed by atoms with E-state index in [2.05, 4.69) is 10.7 Å². The fraction of sp³-hybridized carbons (Fsp3) is 0.850. The molecule has 2 N–H and O–H groups in total. The van der Waals surface area contributed by atoms with Gasteiger partial charge in [0.2, 0.25) is 3.79 Å². The van der Waals surface area contributed by atoms with E-state index >= 15 is 0 Å². The molecule has 2 amide bonds. The number of halogens is 3. The highest BCUT2D eigenvalue weighted by molar-refractivity contribution is 6.67. The first-order valence-electron chi connectivity index (χ1n) is 10.6. The molecule has 2 atom stereocenters. The summed E-state index contributed by atoms with van der Waals surface area (Å²) >= 11 is 16.9. The number of carbonyl (C=O) groups is 3. The van der Waals surface area contributed by atoms with Crippen molar-refractivity contribution in [3.63, 3.8) is 0 Å². The van der Waals surface area contributed by atoms with Crippen LogP contribution in [0.4, 0.5) is 4.79 Å². The van der Waals surface area contributed by atoms with Crippen LogP contribution in [0.3, 0.4) is 0 Å². The SMILES string of the molecule is CC1(COC[C@H](NC(=O)OC(C)(C)C)C(=O)N2CCC[C@@H](C(=O)OCC(Cl)(Cl)Cl)N2)COC1. The summed E-state index contributed by atoms with van der Waals surface area (Å²) in [5.74, 6) is -1.13. The molecule has 2 saturated heterocycles. The van der Waals surface area contributed by atoms with Gasteiger partial charge < -0.3 is 24.3 Å². The minimum atomic E-state index is -1.73. The molecule has 13 heteroatoms. The Morgan fingerprint density at radius 2 is 1.91 bits per heavy atom. The average Bonchev–Trinajstić information content (AvgIpc) is 2.67. The van der Waals surface area contributed by atoms with Crippen LogP contribution in [0.25, 0.3) is 0 Å². The van der Waals surface area contributed by atoms with Crippen LogP contribution in [-0.2, 0) is 28.5 Å². The molecule has 2 aliphatic heterocycles. The number of hydrogen-bond donors (Lipinski definition) is 2. The van der Waals surface area contributed by atoms with Crippen LogP contribution in [0.5, 0.6) is 0 Å². The zero-order valence-electron chi connectivity index (χ0n) is 19.3. The van der Waals surface area contributed by atoms with Crippen molar-refractivity contribution in [3.05, 3.63) is 0 Å². The summed E-state index contributed by atoms with van der Waals surface area (Å²) in [6.45, 7) is 8.50. The number of hydrazine groups is 1. The number of rotatable bonds is 8. The van der Waals surface area contributed by atoms with E-state index in [9.17, 15) is 14.4 Å². The Morgan fingerprint density at radius 1 is 1.24 bits per heavy atom. The molecule has 0 spiro atoms. The number of alkyl carbamates (subject to hydrolysis) is 1. The molecule has 2 rings (SSSR count). The molecule has 0 aromatic carbocycles. The third-order valence-electron chi connectivity index (χ3n) is 4.74. The zero-order valence-corrected chi connectivity index (χ0v) is 21.5. The highest BCUT2D eigenvalue weighted by Crippen LogP contribution is 2.27. The maximum atomic E-state index is 13.2. The lowest BCUT2D eigenvalue weighted by Crippen LogP contribution is -2.61. The van der Waals surface area contributed by atoms with E-state index in [0.29, 0.717) is 39.2 Å². The van der Waals surface area contributed by atoms with Gasteiger partial charge in [-0.1, -0.05) is 41.7 Å². The molecule has 2 fully saturated rings. The Kier molecular flexibility index (Phi) is 9.91. The third-order valence-corrected chi connectivity index (χ3v) is 5.07. The number of nitrogens with zero attached hydrogens (tertiary/aromatic N) is 1. The molecule has 0 aliphatic carbocycles. The highest BCUT2D eigenvalue weighted by atomic mass is 35.6. The van der Waals surface area contributed by atoms with Crippen LogP contribution >= 0.6 is 34.8 Å². The van der Waals surface area contributed by atoms with E-state index in [0.717, 1.165) is 0 Å². The van der Waals surface area contributed by atoms with Gasteiger partial charge in [-0.05, 0) is 33.6 Å². The average molecular weight is 533 g/mol. The van der Waals surface area contributed by atoms with Crippen LogP contribution in [-0.4, -0.2) is 84.0 Å². The monoisotopic (exact) mass is 531 g/mol. The minimum Gasteiger partial charge on any atom is -0.460 e. The van der Waals surface area contributed by atoms with Crippen molar-refractivity contribution >= 4 is 52.8 Å². The Bertz CT molecular complexity index is 708. The fourth-order valence-electron chi connectivity index (χ4n) is 3.14. The molecule has 0 radical (unpaired) electrons. The molecular formula is C20H32Cl3N3O7. The summed E-state index contributed by atoms with van der Waals surface area (Å²) in [6, 6.07) is -1.84. The van der Waals surface area contributed by atoms with Crippen molar-refractivity contribution in [2.75, 3.05) is 39.6 Å². The van der Waals surface area contributed by atoms with E-state index in [4.69, 9.17) is 53.8 Å². The van der Waals surface area contributed by atoms with Crippen LogP contribution in [0.2, 0.25) is 0 Å². The van der Waals surface area contributed by atoms with Gasteiger partial charge in [-0.15, -0.1) is 0 Å². The molecule has 2 aliphatic rings. The molecule has 0 saturated carbocycles. The maximum absolute atomic E-state index is 13.2.